The van der Waals surface area contributed by atoms with Crippen LogP contribution in [0.15, 0.2) is 12.1 Å². The molecular formula is C14H19NO4. The van der Waals surface area contributed by atoms with E-state index in [1.165, 1.54) is 0 Å². The zero-order valence-electron chi connectivity index (χ0n) is 11.3. The van der Waals surface area contributed by atoms with Crippen LogP contribution in [0, 0.1) is 0 Å². The van der Waals surface area contributed by atoms with Gasteiger partial charge in [0.2, 0.25) is 0 Å². The van der Waals surface area contributed by atoms with Crippen molar-refractivity contribution < 1.29 is 19.0 Å². The average Bonchev–Trinajstić information content (AvgIpc) is 2.44. The Morgan fingerprint density at radius 3 is 3.00 bits per heavy atom. The molecule has 0 spiro atoms. The number of ether oxygens (including phenoxy) is 3. The van der Waals surface area contributed by atoms with Crippen LogP contribution in [-0.4, -0.2) is 26.3 Å². The maximum absolute atomic E-state index is 11.9. The molecule has 1 unspecified atom stereocenters. The first-order valence-electron chi connectivity index (χ1n) is 6.44. The molecule has 19 heavy (non-hydrogen) atoms. The molecule has 0 fully saturated rings. The molecule has 0 saturated carbocycles. The highest BCUT2D eigenvalue weighted by molar-refractivity contribution is 5.97. The van der Waals surface area contributed by atoms with Crippen molar-refractivity contribution >= 4 is 11.7 Å². The van der Waals surface area contributed by atoms with Crippen molar-refractivity contribution in [2.24, 2.45) is 0 Å². The van der Waals surface area contributed by atoms with E-state index in [4.69, 9.17) is 19.9 Å². The third-order valence-electron chi connectivity index (χ3n) is 3.14. The zero-order valence-corrected chi connectivity index (χ0v) is 11.3. The maximum Gasteiger partial charge on any atom is 0.340 e. The molecule has 2 N–H and O–H groups in total. The number of fused-ring (bicyclic) bond motifs is 1. The van der Waals surface area contributed by atoms with Gasteiger partial charge >= 0.3 is 5.97 Å². The van der Waals surface area contributed by atoms with Gasteiger partial charge in [0.25, 0.3) is 0 Å². The fourth-order valence-electron chi connectivity index (χ4n) is 2.15. The van der Waals surface area contributed by atoms with E-state index < -0.39 is 5.97 Å². The van der Waals surface area contributed by atoms with E-state index in [2.05, 4.69) is 0 Å². The highest BCUT2D eigenvalue weighted by Crippen LogP contribution is 2.39. The number of carbonyl (C=O) groups excluding carboxylic acids is 1. The van der Waals surface area contributed by atoms with Gasteiger partial charge < -0.3 is 19.9 Å². The minimum absolute atomic E-state index is 0.0354. The van der Waals surface area contributed by atoms with Crippen LogP contribution in [0.3, 0.4) is 0 Å². The summed E-state index contributed by atoms with van der Waals surface area (Å²) in [6.45, 7) is 2.86. The van der Waals surface area contributed by atoms with Crippen LogP contribution in [0.1, 0.15) is 41.8 Å². The SMILES string of the molecule is CCCOC(=O)c1ccc2c(c1N)OCCC2OC. The van der Waals surface area contributed by atoms with Crippen LogP contribution < -0.4 is 10.5 Å². The first-order chi connectivity index (χ1) is 9.19. The number of nitrogen functional groups attached to an aromatic ring is 1. The second-order valence-electron chi connectivity index (χ2n) is 4.44. The number of esters is 1. The lowest BCUT2D eigenvalue weighted by molar-refractivity contribution is 0.0501. The monoisotopic (exact) mass is 265 g/mol. The van der Waals surface area contributed by atoms with Crippen LogP contribution >= 0.6 is 0 Å². The molecule has 0 saturated heterocycles. The molecule has 0 amide bonds. The summed E-state index contributed by atoms with van der Waals surface area (Å²) in [5.74, 6) is 0.134. The molecule has 1 aliphatic heterocycles. The van der Waals surface area contributed by atoms with Gasteiger partial charge in [-0.1, -0.05) is 13.0 Å². The van der Waals surface area contributed by atoms with Crippen molar-refractivity contribution in [3.8, 4) is 5.75 Å². The average molecular weight is 265 g/mol. The topological polar surface area (TPSA) is 70.8 Å². The Balaban J connectivity index is 2.32. The highest BCUT2D eigenvalue weighted by Gasteiger charge is 2.26. The van der Waals surface area contributed by atoms with E-state index in [1.807, 2.05) is 13.0 Å². The van der Waals surface area contributed by atoms with E-state index in [0.29, 0.717) is 30.2 Å². The minimum atomic E-state index is -0.412. The van der Waals surface area contributed by atoms with Crippen molar-refractivity contribution in [2.75, 3.05) is 26.1 Å². The van der Waals surface area contributed by atoms with E-state index >= 15 is 0 Å². The van der Waals surface area contributed by atoms with Crippen molar-refractivity contribution in [2.45, 2.75) is 25.9 Å². The van der Waals surface area contributed by atoms with Gasteiger partial charge in [-0.3, -0.25) is 0 Å². The summed E-state index contributed by atoms with van der Waals surface area (Å²) in [4.78, 5) is 11.9. The summed E-state index contributed by atoms with van der Waals surface area (Å²) in [7, 11) is 1.65. The number of benzene rings is 1. The number of methoxy groups -OCH3 is 1. The number of anilines is 1. The summed E-state index contributed by atoms with van der Waals surface area (Å²) in [6.07, 6.45) is 1.52. The highest BCUT2D eigenvalue weighted by atomic mass is 16.5. The van der Waals surface area contributed by atoms with E-state index in [1.54, 1.807) is 13.2 Å². The third kappa shape index (κ3) is 2.66. The smallest absolute Gasteiger partial charge is 0.340 e. The molecule has 1 aliphatic rings. The molecule has 0 radical (unpaired) electrons. The normalized spacial score (nSPS) is 17.5. The van der Waals surface area contributed by atoms with Gasteiger partial charge in [0.1, 0.15) is 5.75 Å². The van der Waals surface area contributed by atoms with Gasteiger partial charge in [-0.25, -0.2) is 4.79 Å². The van der Waals surface area contributed by atoms with Gasteiger partial charge in [0, 0.05) is 19.1 Å². The predicted octanol–water partition coefficient (Wildman–Crippen LogP) is 2.31. The molecular weight excluding hydrogens is 246 g/mol. The molecule has 0 aromatic heterocycles. The van der Waals surface area contributed by atoms with Crippen molar-refractivity contribution in [3.05, 3.63) is 23.3 Å². The van der Waals surface area contributed by atoms with Gasteiger partial charge in [-0.15, -0.1) is 0 Å². The lowest BCUT2D eigenvalue weighted by atomic mass is 9.99. The Labute approximate surface area is 112 Å². The second-order valence-corrected chi connectivity index (χ2v) is 4.44. The molecule has 5 heteroatoms. The number of rotatable bonds is 4. The quantitative estimate of drug-likeness (QED) is 0.668. The lowest BCUT2D eigenvalue weighted by Gasteiger charge is -2.26. The first-order valence-corrected chi connectivity index (χ1v) is 6.44. The number of hydrogen-bond donors (Lipinski definition) is 1. The van der Waals surface area contributed by atoms with E-state index in [9.17, 15) is 4.79 Å². The van der Waals surface area contributed by atoms with Crippen LogP contribution in [-0.2, 0) is 9.47 Å². The summed E-state index contributed by atoms with van der Waals surface area (Å²) >= 11 is 0. The Hall–Kier alpha value is -1.75. The Bertz CT molecular complexity index is 473. The lowest BCUT2D eigenvalue weighted by Crippen LogP contribution is -2.19. The Morgan fingerprint density at radius 2 is 2.32 bits per heavy atom. The van der Waals surface area contributed by atoms with Gasteiger partial charge in [-0.2, -0.15) is 0 Å². The third-order valence-corrected chi connectivity index (χ3v) is 3.14. The molecule has 0 bridgehead atoms. The molecule has 5 nitrogen and oxygen atoms in total. The molecule has 1 atom stereocenters. The molecule has 1 aromatic carbocycles. The largest absolute Gasteiger partial charge is 0.491 e. The van der Waals surface area contributed by atoms with Crippen LogP contribution in [0.5, 0.6) is 5.75 Å². The van der Waals surface area contributed by atoms with Crippen molar-refractivity contribution in [1.29, 1.82) is 0 Å². The summed E-state index contributed by atoms with van der Waals surface area (Å²) in [5.41, 5.74) is 7.58. The molecule has 104 valence electrons. The van der Waals surface area contributed by atoms with Crippen LogP contribution in [0.25, 0.3) is 0 Å². The molecule has 1 heterocycles. The van der Waals surface area contributed by atoms with Crippen molar-refractivity contribution in [1.82, 2.24) is 0 Å². The Morgan fingerprint density at radius 1 is 1.53 bits per heavy atom. The molecule has 2 rings (SSSR count). The fourth-order valence-corrected chi connectivity index (χ4v) is 2.15. The van der Waals surface area contributed by atoms with Gasteiger partial charge in [0.15, 0.2) is 0 Å². The number of hydrogen-bond acceptors (Lipinski definition) is 5. The van der Waals surface area contributed by atoms with Gasteiger partial charge in [0.05, 0.1) is 30.6 Å². The molecule has 1 aromatic rings. The zero-order chi connectivity index (χ0) is 13.8. The minimum Gasteiger partial charge on any atom is -0.491 e. The van der Waals surface area contributed by atoms with Gasteiger partial charge in [-0.05, 0) is 12.5 Å². The summed E-state index contributed by atoms with van der Waals surface area (Å²) in [5, 5.41) is 0. The van der Waals surface area contributed by atoms with E-state index in [0.717, 1.165) is 18.4 Å². The first kappa shape index (κ1) is 13.7. The fraction of sp³-hybridized carbons (Fsp3) is 0.500. The van der Waals surface area contributed by atoms with Crippen LogP contribution in [0.4, 0.5) is 5.69 Å². The predicted molar refractivity (Wildman–Crippen MR) is 71.3 cm³/mol. The van der Waals surface area contributed by atoms with E-state index in [-0.39, 0.29) is 6.10 Å². The van der Waals surface area contributed by atoms with Crippen molar-refractivity contribution in [3.63, 3.8) is 0 Å². The summed E-state index contributed by atoms with van der Waals surface area (Å²) < 4.78 is 16.1. The number of carbonyl (C=O) groups is 1. The Kier molecular flexibility index (Phi) is 4.27. The summed E-state index contributed by atoms with van der Waals surface area (Å²) in [6, 6.07) is 3.49. The number of nitrogens with two attached hydrogens (primary N) is 1. The molecule has 0 aliphatic carbocycles. The second kappa shape index (κ2) is 5.93. The standard InChI is InChI=1S/C14H19NO4/c1-3-7-19-14(16)10-5-4-9-11(17-2)6-8-18-13(9)12(10)15/h4-5,11H,3,6-8,15H2,1-2H3. The maximum atomic E-state index is 11.9. The van der Waals surface area contributed by atoms with Crippen LogP contribution in [0.2, 0.25) is 0 Å².